The third-order valence-corrected chi connectivity index (χ3v) is 4.28. The van der Waals surface area contributed by atoms with Gasteiger partial charge in [-0.2, -0.15) is 0 Å². The molecule has 0 saturated heterocycles. The van der Waals surface area contributed by atoms with Crippen LogP contribution in [0.2, 0.25) is 0 Å². The molecule has 7 heteroatoms. The molecule has 0 heterocycles. The van der Waals surface area contributed by atoms with Gasteiger partial charge in [0.15, 0.2) is 11.5 Å². The number of benzene rings is 2. The van der Waals surface area contributed by atoms with E-state index in [2.05, 4.69) is 37.2 Å². The van der Waals surface area contributed by atoms with Gasteiger partial charge in [0, 0.05) is 21.1 Å². The first-order valence-electron chi connectivity index (χ1n) is 6.56. The van der Waals surface area contributed by atoms with Gasteiger partial charge in [-0.15, -0.1) is 0 Å². The van der Waals surface area contributed by atoms with Gasteiger partial charge in [-0.1, -0.05) is 15.9 Å². The zero-order chi connectivity index (χ0) is 17.0. The van der Waals surface area contributed by atoms with Crippen LogP contribution in [-0.4, -0.2) is 27.2 Å². The molecule has 2 rings (SSSR count). The molecule has 0 bridgehead atoms. The van der Waals surface area contributed by atoms with Crippen molar-refractivity contribution < 1.29 is 19.0 Å². The monoisotopic (exact) mass is 443 g/mol. The second kappa shape index (κ2) is 7.70. The van der Waals surface area contributed by atoms with Gasteiger partial charge in [0.25, 0.3) is 5.91 Å². The third-order valence-electron chi connectivity index (χ3n) is 3.13. The summed E-state index contributed by atoms with van der Waals surface area (Å²) in [4.78, 5) is 12.6. The summed E-state index contributed by atoms with van der Waals surface area (Å²) in [6.07, 6.45) is 0. The Morgan fingerprint density at radius 2 is 1.52 bits per heavy atom. The highest BCUT2D eigenvalue weighted by molar-refractivity contribution is 9.11. The highest BCUT2D eigenvalue weighted by atomic mass is 79.9. The van der Waals surface area contributed by atoms with Gasteiger partial charge >= 0.3 is 0 Å². The number of carbonyl (C=O) groups is 1. The number of hydrogen-bond acceptors (Lipinski definition) is 4. The van der Waals surface area contributed by atoms with Crippen molar-refractivity contribution >= 4 is 43.5 Å². The quantitative estimate of drug-likeness (QED) is 0.738. The first-order chi connectivity index (χ1) is 11.0. The molecule has 0 fully saturated rings. The lowest BCUT2D eigenvalue weighted by Crippen LogP contribution is -2.14. The summed E-state index contributed by atoms with van der Waals surface area (Å²) in [6.45, 7) is 0. The summed E-state index contributed by atoms with van der Waals surface area (Å²) in [7, 11) is 4.53. The lowest BCUT2D eigenvalue weighted by molar-refractivity contribution is 0.102. The smallest absolute Gasteiger partial charge is 0.259 e. The molecule has 0 aliphatic carbocycles. The Hall–Kier alpha value is -1.73. The summed E-state index contributed by atoms with van der Waals surface area (Å²) in [5.74, 6) is 1.03. The molecule has 0 radical (unpaired) electrons. The molecular weight excluding hydrogens is 430 g/mol. The van der Waals surface area contributed by atoms with Crippen molar-refractivity contribution in [3.8, 4) is 17.2 Å². The number of nitrogens with one attached hydrogen (secondary N) is 1. The zero-order valence-corrected chi connectivity index (χ0v) is 15.9. The highest BCUT2D eigenvalue weighted by Gasteiger charge is 2.18. The van der Waals surface area contributed by atoms with E-state index < -0.39 is 0 Å². The second-order valence-electron chi connectivity index (χ2n) is 4.49. The zero-order valence-electron chi connectivity index (χ0n) is 12.8. The minimum atomic E-state index is -0.314. The molecule has 1 N–H and O–H groups in total. The van der Waals surface area contributed by atoms with E-state index in [1.807, 2.05) is 12.1 Å². The van der Waals surface area contributed by atoms with E-state index in [0.717, 1.165) is 8.95 Å². The predicted octanol–water partition coefficient (Wildman–Crippen LogP) is 4.49. The number of ether oxygens (including phenoxy) is 3. The summed E-state index contributed by atoms with van der Waals surface area (Å²) >= 11 is 6.79. The average Bonchev–Trinajstić information content (AvgIpc) is 2.55. The lowest BCUT2D eigenvalue weighted by atomic mass is 10.1. The van der Waals surface area contributed by atoms with Crippen LogP contribution in [0.5, 0.6) is 17.2 Å². The first kappa shape index (κ1) is 17.6. The van der Waals surface area contributed by atoms with Crippen molar-refractivity contribution in [3.63, 3.8) is 0 Å². The second-order valence-corrected chi connectivity index (χ2v) is 6.26. The molecule has 5 nitrogen and oxygen atoms in total. The van der Waals surface area contributed by atoms with Crippen LogP contribution >= 0.6 is 31.9 Å². The third kappa shape index (κ3) is 3.97. The highest BCUT2D eigenvalue weighted by Crippen LogP contribution is 2.35. The minimum absolute atomic E-state index is 0.314. The molecule has 1 amide bonds. The average molecular weight is 445 g/mol. The van der Waals surface area contributed by atoms with Crippen LogP contribution in [0.15, 0.2) is 39.3 Å². The summed E-state index contributed by atoms with van der Waals surface area (Å²) < 4.78 is 17.4. The van der Waals surface area contributed by atoms with E-state index in [9.17, 15) is 4.79 Å². The fourth-order valence-corrected chi connectivity index (χ4v) is 3.13. The van der Waals surface area contributed by atoms with E-state index >= 15 is 0 Å². The molecule has 0 unspecified atom stereocenters. The molecule has 0 atom stereocenters. The largest absolute Gasteiger partial charge is 0.496 e. The van der Waals surface area contributed by atoms with Gasteiger partial charge < -0.3 is 19.5 Å². The summed E-state index contributed by atoms with van der Waals surface area (Å²) in [6, 6.07) is 8.68. The SMILES string of the molecule is COc1cc(OC)c(C(=O)Nc2ccc(Br)cc2Br)cc1OC. The maximum absolute atomic E-state index is 12.6. The number of hydrogen-bond donors (Lipinski definition) is 1. The van der Waals surface area contributed by atoms with Crippen LogP contribution in [0.1, 0.15) is 10.4 Å². The summed E-state index contributed by atoms with van der Waals surface area (Å²) in [5.41, 5.74) is 0.995. The molecule has 0 spiro atoms. The maximum atomic E-state index is 12.6. The van der Waals surface area contributed by atoms with Crippen LogP contribution < -0.4 is 19.5 Å². The van der Waals surface area contributed by atoms with E-state index in [1.54, 1.807) is 18.2 Å². The van der Waals surface area contributed by atoms with E-state index in [1.165, 1.54) is 21.3 Å². The number of rotatable bonds is 5. The van der Waals surface area contributed by atoms with Crippen LogP contribution in [0.25, 0.3) is 0 Å². The van der Waals surface area contributed by atoms with Crippen molar-refractivity contribution in [2.24, 2.45) is 0 Å². The van der Waals surface area contributed by atoms with Crippen molar-refractivity contribution in [2.45, 2.75) is 0 Å². The van der Waals surface area contributed by atoms with Crippen molar-refractivity contribution in [1.29, 1.82) is 0 Å². The van der Waals surface area contributed by atoms with Crippen LogP contribution in [0, 0.1) is 0 Å². The van der Waals surface area contributed by atoms with Gasteiger partial charge in [0.1, 0.15) is 5.75 Å². The number of methoxy groups -OCH3 is 3. The van der Waals surface area contributed by atoms with Crippen molar-refractivity contribution in [3.05, 3.63) is 44.8 Å². The molecule has 0 aliphatic heterocycles. The van der Waals surface area contributed by atoms with Crippen molar-refractivity contribution in [1.82, 2.24) is 0 Å². The Bertz CT molecular complexity index is 734. The number of halogens is 2. The van der Waals surface area contributed by atoms with Gasteiger partial charge in [0.05, 0.1) is 32.6 Å². The fourth-order valence-electron chi connectivity index (χ4n) is 1.99. The topological polar surface area (TPSA) is 56.8 Å². The molecule has 23 heavy (non-hydrogen) atoms. The Morgan fingerprint density at radius 3 is 2.09 bits per heavy atom. The van der Waals surface area contributed by atoms with Crippen molar-refractivity contribution in [2.75, 3.05) is 26.6 Å². The molecule has 122 valence electrons. The van der Waals surface area contributed by atoms with Crippen LogP contribution in [0.4, 0.5) is 5.69 Å². The predicted molar refractivity (Wildman–Crippen MR) is 95.9 cm³/mol. The number of carbonyl (C=O) groups excluding carboxylic acids is 1. The van der Waals surface area contributed by atoms with Crippen LogP contribution in [-0.2, 0) is 0 Å². The fraction of sp³-hybridized carbons (Fsp3) is 0.188. The minimum Gasteiger partial charge on any atom is -0.496 e. The lowest BCUT2D eigenvalue weighted by Gasteiger charge is -2.14. The van der Waals surface area contributed by atoms with E-state index in [0.29, 0.717) is 28.5 Å². The molecule has 0 saturated carbocycles. The first-order valence-corrected chi connectivity index (χ1v) is 8.15. The number of anilines is 1. The maximum Gasteiger partial charge on any atom is 0.259 e. The van der Waals surface area contributed by atoms with Gasteiger partial charge in [-0.05, 0) is 34.1 Å². The molecule has 0 aliphatic rings. The molecule has 0 aromatic heterocycles. The Balaban J connectivity index is 2.38. The Kier molecular flexibility index (Phi) is 5.90. The molecule has 2 aromatic carbocycles. The van der Waals surface area contributed by atoms with E-state index in [4.69, 9.17) is 14.2 Å². The standard InChI is InChI=1S/C16H15Br2NO4/c1-21-13-8-15(23-3)14(22-2)7-10(13)16(20)19-12-5-4-9(17)6-11(12)18/h4-8H,1-3H3,(H,19,20). The van der Waals surface area contributed by atoms with Gasteiger partial charge in [-0.3, -0.25) is 4.79 Å². The van der Waals surface area contributed by atoms with Gasteiger partial charge in [0.2, 0.25) is 0 Å². The Labute approximate surface area is 151 Å². The molecule has 2 aromatic rings. The summed E-state index contributed by atoms with van der Waals surface area (Å²) in [5, 5.41) is 2.83. The van der Waals surface area contributed by atoms with Gasteiger partial charge in [-0.25, -0.2) is 0 Å². The number of amides is 1. The van der Waals surface area contributed by atoms with Crippen LogP contribution in [0.3, 0.4) is 0 Å². The molecular formula is C16H15Br2NO4. The normalized spacial score (nSPS) is 10.1. The van der Waals surface area contributed by atoms with E-state index in [-0.39, 0.29) is 5.91 Å². The Morgan fingerprint density at radius 1 is 0.913 bits per heavy atom.